The van der Waals surface area contributed by atoms with E-state index in [1.54, 1.807) is 0 Å². The van der Waals surface area contributed by atoms with Crippen molar-refractivity contribution in [3.8, 4) is 0 Å². The van der Waals surface area contributed by atoms with Crippen LogP contribution >= 0.6 is 0 Å². The molecule has 0 unspecified atom stereocenters. The van der Waals surface area contributed by atoms with Crippen molar-refractivity contribution in [3.05, 3.63) is 35.5 Å². The van der Waals surface area contributed by atoms with E-state index in [0.29, 0.717) is 11.6 Å². The second-order valence-corrected chi connectivity index (χ2v) is 6.48. The quantitative estimate of drug-likeness (QED) is 0.692. The Labute approximate surface area is 136 Å². The molecule has 1 N–H and O–H groups in total. The number of carbonyl (C=O) groups excluding carboxylic acids is 2. The molecule has 3 rings (SSSR count). The summed E-state index contributed by atoms with van der Waals surface area (Å²) in [6.07, 6.45) is 8.00. The van der Waals surface area contributed by atoms with Gasteiger partial charge in [-0.3, -0.25) is 9.59 Å². The van der Waals surface area contributed by atoms with E-state index in [1.807, 2.05) is 35.8 Å². The monoisotopic (exact) mass is 312 g/mol. The number of nitrogens with zero attached hydrogens (tertiary/aromatic N) is 1. The van der Waals surface area contributed by atoms with Gasteiger partial charge in [-0.25, -0.2) is 0 Å². The van der Waals surface area contributed by atoms with Crippen molar-refractivity contribution in [3.63, 3.8) is 0 Å². The largest absolute Gasteiger partial charge is 0.352 e. The molecule has 0 spiro atoms. The van der Waals surface area contributed by atoms with E-state index in [9.17, 15) is 9.59 Å². The third-order valence-electron chi connectivity index (χ3n) is 4.92. The molecule has 0 bridgehead atoms. The summed E-state index contributed by atoms with van der Waals surface area (Å²) in [5, 5.41) is 4.10. The Bertz CT molecular complexity index is 709. The van der Waals surface area contributed by atoms with Crippen LogP contribution < -0.4 is 5.32 Å². The summed E-state index contributed by atoms with van der Waals surface area (Å²) in [4.78, 5) is 23.8. The summed E-state index contributed by atoms with van der Waals surface area (Å²) >= 11 is 0. The lowest BCUT2D eigenvalue weighted by Gasteiger charge is -2.17. The van der Waals surface area contributed by atoms with Gasteiger partial charge in [0.25, 0.3) is 0 Å². The van der Waals surface area contributed by atoms with Crippen molar-refractivity contribution in [1.82, 2.24) is 9.88 Å². The number of carbonyl (C=O) groups is 2. The maximum absolute atomic E-state index is 12.5. The van der Waals surface area contributed by atoms with Crippen LogP contribution in [0, 0.1) is 6.92 Å². The average molecular weight is 312 g/mol. The molecule has 1 heterocycles. The molecule has 1 fully saturated rings. The third-order valence-corrected chi connectivity index (χ3v) is 4.92. The van der Waals surface area contributed by atoms with Crippen LogP contribution in [-0.4, -0.2) is 22.8 Å². The fourth-order valence-corrected chi connectivity index (χ4v) is 3.65. The first-order chi connectivity index (χ1) is 11.2. The number of aromatic nitrogens is 1. The number of rotatable bonds is 4. The van der Waals surface area contributed by atoms with Crippen LogP contribution in [0.15, 0.2) is 24.3 Å². The van der Waals surface area contributed by atoms with Crippen LogP contribution in [0.25, 0.3) is 10.9 Å². The van der Waals surface area contributed by atoms with Crippen LogP contribution in [-0.2, 0) is 11.3 Å². The predicted octanol–water partition coefficient (Wildman–Crippen LogP) is 3.60. The highest BCUT2D eigenvalue weighted by atomic mass is 16.2. The number of para-hydroxylation sites is 1. The summed E-state index contributed by atoms with van der Waals surface area (Å²) in [7, 11) is 0. The third kappa shape index (κ3) is 3.31. The highest BCUT2D eigenvalue weighted by Crippen LogP contribution is 2.24. The fourth-order valence-electron chi connectivity index (χ4n) is 3.65. The van der Waals surface area contributed by atoms with Gasteiger partial charge in [0, 0.05) is 28.2 Å². The molecule has 23 heavy (non-hydrogen) atoms. The van der Waals surface area contributed by atoms with Crippen LogP contribution in [0.4, 0.5) is 0 Å². The van der Waals surface area contributed by atoms with Gasteiger partial charge in [-0.2, -0.15) is 0 Å². The molecule has 4 heteroatoms. The molecule has 1 aliphatic carbocycles. The average Bonchev–Trinajstić information content (AvgIpc) is 2.72. The molecule has 4 nitrogen and oxygen atoms in total. The lowest BCUT2D eigenvalue weighted by Crippen LogP contribution is -2.36. The zero-order chi connectivity index (χ0) is 16.2. The van der Waals surface area contributed by atoms with Gasteiger partial charge in [-0.05, 0) is 25.8 Å². The predicted molar refractivity (Wildman–Crippen MR) is 91.7 cm³/mol. The van der Waals surface area contributed by atoms with Gasteiger partial charge in [0.2, 0.25) is 5.91 Å². The molecule has 1 aromatic heterocycles. The lowest BCUT2D eigenvalue weighted by atomic mass is 10.1. The molecule has 0 radical (unpaired) electrons. The van der Waals surface area contributed by atoms with Crippen molar-refractivity contribution < 1.29 is 9.59 Å². The molecule has 0 atom stereocenters. The Hall–Kier alpha value is -2.10. The van der Waals surface area contributed by atoms with Crippen LogP contribution in [0.5, 0.6) is 0 Å². The molecule has 0 aliphatic heterocycles. The Morgan fingerprint density at radius 2 is 1.91 bits per heavy atom. The zero-order valence-corrected chi connectivity index (χ0v) is 13.7. The van der Waals surface area contributed by atoms with Crippen molar-refractivity contribution in [1.29, 1.82) is 0 Å². The second kappa shape index (κ2) is 6.99. The number of fused-ring (bicyclic) bond motifs is 1. The highest BCUT2D eigenvalue weighted by Gasteiger charge is 2.18. The Balaban J connectivity index is 1.79. The first kappa shape index (κ1) is 15.8. The van der Waals surface area contributed by atoms with E-state index in [-0.39, 0.29) is 12.5 Å². The Kier molecular flexibility index (Phi) is 4.79. The van der Waals surface area contributed by atoms with Crippen LogP contribution in [0.2, 0.25) is 0 Å². The Morgan fingerprint density at radius 1 is 1.22 bits per heavy atom. The van der Waals surface area contributed by atoms with E-state index in [4.69, 9.17) is 0 Å². The first-order valence-corrected chi connectivity index (χ1v) is 8.53. The molecule has 1 saturated carbocycles. The molecule has 1 aliphatic rings. The summed E-state index contributed by atoms with van der Waals surface area (Å²) < 4.78 is 1.95. The second-order valence-electron chi connectivity index (χ2n) is 6.48. The molecular weight excluding hydrogens is 288 g/mol. The van der Waals surface area contributed by atoms with Crippen LogP contribution in [0.1, 0.15) is 54.6 Å². The van der Waals surface area contributed by atoms with Gasteiger partial charge in [0.1, 0.15) is 6.54 Å². The standard InChI is InChI=1S/C19H24N2O2/c1-14-17(13-22)16-10-6-7-11-18(16)21(14)12-19(23)20-15-8-4-2-3-5-9-15/h6-7,10-11,13,15H,2-5,8-9,12H2,1H3,(H,20,23). The van der Waals surface area contributed by atoms with Gasteiger partial charge in [0.05, 0.1) is 0 Å². The highest BCUT2D eigenvalue weighted by molar-refractivity contribution is 5.99. The summed E-state index contributed by atoms with van der Waals surface area (Å²) in [5.41, 5.74) is 2.49. The van der Waals surface area contributed by atoms with E-state index in [2.05, 4.69) is 5.32 Å². The zero-order valence-electron chi connectivity index (χ0n) is 13.7. The van der Waals surface area contributed by atoms with Crippen molar-refractivity contribution in [2.24, 2.45) is 0 Å². The maximum atomic E-state index is 12.5. The molecule has 122 valence electrons. The van der Waals surface area contributed by atoms with Gasteiger partial charge in [-0.1, -0.05) is 43.9 Å². The molecule has 2 aromatic rings. The van der Waals surface area contributed by atoms with Gasteiger partial charge < -0.3 is 9.88 Å². The minimum Gasteiger partial charge on any atom is -0.352 e. The molecule has 1 aromatic carbocycles. The van der Waals surface area contributed by atoms with E-state index in [0.717, 1.165) is 35.7 Å². The minimum atomic E-state index is 0.0400. The SMILES string of the molecule is Cc1c(C=O)c2ccccc2n1CC(=O)NC1CCCCCC1. The van der Waals surface area contributed by atoms with Crippen molar-refractivity contribution in [2.45, 2.75) is 58.0 Å². The number of nitrogens with one attached hydrogen (secondary N) is 1. The molecular formula is C19H24N2O2. The van der Waals surface area contributed by atoms with E-state index in [1.165, 1.54) is 25.7 Å². The van der Waals surface area contributed by atoms with Gasteiger partial charge in [-0.15, -0.1) is 0 Å². The number of aldehydes is 1. The van der Waals surface area contributed by atoms with Crippen molar-refractivity contribution in [2.75, 3.05) is 0 Å². The lowest BCUT2D eigenvalue weighted by molar-refractivity contribution is -0.122. The van der Waals surface area contributed by atoms with Gasteiger partial charge in [0.15, 0.2) is 6.29 Å². The van der Waals surface area contributed by atoms with E-state index >= 15 is 0 Å². The fraction of sp³-hybridized carbons (Fsp3) is 0.474. The Morgan fingerprint density at radius 3 is 2.61 bits per heavy atom. The number of benzene rings is 1. The summed E-state index contributed by atoms with van der Waals surface area (Å²) in [5.74, 6) is 0.0400. The number of hydrogen-bond acceptors (Lipinski definition) is 2. The number of amides is 1. The summed E-state index contributed by atoms with van der Waals surface area (Å²) in [6, 6.07) is 8.07. The smallest absolute Gasteiger partial charge is 0.240 e. The van der Waals surface area contributed by atoms with Crippen LogP contribution in [0.3, 0.4) is 0 Å². The maximum Gasteiger partial charge on any atom is 0.240 e. The minimum absolute atomic E-state index is 0.0400. The van der Waals surface area contributed by atoms with Crippen molar-refractivity contribution >= 4 is 23.1 Å². The molecule has 1 amide bonds. The first-order valence-electron chi connectivity index (χ1n) is 8.53. The normalized spacial score (nSPS) is 16.2. The van der Waals surface area contributed by atoms with Gasteiger partial charge >= 0.3 is 0 Å². The van der Waals surface area contributed by atoms with E-state index < -0.39 is 0 Å². The number of hydrogen-bond donors (Lipinski definition) is 1. The topological polar surface area (TPSA) is 51.1 Å². The molecule has 0 saturated heterocycles. The summed E-state index contributed by atoms with van der Waals surface area (Å²) in [6.45, 7) is 2.18.